The van der Waals surface area contributed by atoms with Gasteiger partial charge in [0.25, 0.3) is 5.91 Å². The van der Waals surface area contributed by atoms with Gasteiger partial charge in [0.2, 0.25) is 0 Å². The van der Waals surface area contributed by atoms with Gasteiger partial charge in [0.15, 0.2) is 11.3 Å². The van der Waals surface area contributed by atoms with Crippen molar-refractivity contribution in [3.8, 4) is 0 Å². The molecule has 1 unspecified atom stereocenters. The summed E-state index contributed by atoms with van der Waals surface area (Å²) in [5.41, 5.74) is 3.12. The molecule has 2 aliphatic rings. The average Bonchev–Trinajstić information content (AvgIpc) is 3.21. The lowest BCUT2D eigenvalue weighted by Gasteiger charge is -2.20. The maximum absolute atomic E-state index is 13.1. The minimum Gasteiger partial charge on any atom is -0.348 e. The van der Waals surface area contributed by atoms with Crippen molar-refractivity contribution in [3.05, 3.63) is 64.8 Å². The monoisotopic (exact) mass is 434 g/mol. The number of carbonyl (C=O) groups excluding carboxylic acids is 3. The number of aryl methyl sites for hydroxylation is 1. The highest BCUT2D eigenvalue weighted by Crippen LogP contribution is 2.28. The molecule has 7 nitrogen and oxygen atoms in total. The van der Waals surface area contributed by atoms with Gasteiger partial charge in [-0.3, -0.25) is 19.5 Å². The second-order valence-electron chi connectivity index (χ2n) is 8.88. The van der Waals surface area contributed by atoms with Gasteiger partial charge in [0, 0.05) is 29.7 Å². The largest absolute Gasteiger partial charge is 0.348 e. The fourth-order valence-corrected chi connectivity index (χ4v) is 4.72. The van der Waals surface area contributed by atoms with Crippen molar-refractivity contribution in [2.45, 2.75) is 65.0 Å². The highest BCUT2D eigenvalue weighted by Gasteiger charge is 2.50. The molecule has 0 spiro atoms. The second kappa shape index (κ2) is 8.73. The first kappa shape index (κ1) is 22.0. The van der Waals surface area contributed by atoms with Crippen LogP contribution in [0.5, 0.6) is 0 Å². The van der Waals surface area contributed by atoms with E-state index >= 15 is 0 Å². The zero-order valence-electron chi connectivity index (χ0n) is 19.0. The number of pyridine rings is 1. The number of nitrogens with one attached hydrogen (secondary N) is 1. The van der Waals surface area contributed by atoms with Gasteiger partial charge < -0.3 is 9.88 Å². The molecule has 0 aromatic carbocycles. The summed E-state index contributed by atoms with van der Waals surface area (Å²) in [6, 6.07) is 6.49. The zero-order valence-corrected chi connectivity index (χ0v) is 19.0. The highest BCUT2D eigenvalue weighted by molar-refractivity contribution is 6.11. The molecule has 168 valence electrons. The Bertz CT molecular complexity index is 1090. The Balaban J connectivity index is 1.49. The predicted octanol–water partition coefficient (Wildman–Crippen LogP) is 4.04. The Hall–Kier alpha value is -3.22. The molecular formula is C25H30N4O3. The van der Waals surface area contributed by atoms with Crippen molar-refractivity contribution in [1.82, 2.24) is 19.8 Å². The van der Waals surface area contributed by atoms with Crippen LogP contribution >= 0.6 is 0 Å². The van der Waals surface area contributed by atoms with Crippen LogP contribution in [0, 0.1) is 13.8 Å². The molecule has 0 radical (unpaired) electrons. The van der Waals surface area contributed by atoms with Crippen molar-refractivity contribution in [3.63, 3.8) is 0 Å². The van der Waals surface area contributed by atoms with E-state index in [0.29, 0.717) is 11.3 Å². The number of imide groups is 1. The van der Waals surface area contributed by atoms with Crippen molar-refractivity contribution >= 4 is 17.7 Å². The summed E-state index contributed by atoms with van der Waals surface area (Å²) >= 11 is 0. The molecule has 2 aromatic rings. The third-order valence-corrected chi connectivity index (χ3v) is 6.67. The third kappa shape index (κ3) is 3.99. The summed E-state index contributed by atoms with van der Waals surface area (Å²) in [7, 11) is 0. The number of amides is 3. The molecular weight excluding hydrogens is 404 g/mol. The minimum atomic E-state index is -1.27. The molecule has 1 atom stereocenters. The van der Waals surface area contributed by atoms with Crippen LogP contribution in [-0.4, -0.2) is 38.7 Å². The van der Waals surface area contributed by atoms with Gasteiger partial charge in [-0.1, -0.05) is 17.7 Å². The summed E-state index contributed by atoms with van der Waals surface area (Å²) < 4.78 is 2.16. The fraction of sp³-hybridized carbons (Fsp3) is 0.440. The molecule has 0 saturated carbocycles. The summed E-state index contributed by atoms with van der Waals surface area (Å²) in [4.78, 5) is 44.0. The number of ketones is 1. The van der Waals surface area contributed by atoms with Crippen LogP contribution in [0.3, 0.4) is 0 Å². The molecule has 2 aromatic heterocycles. The topological polar surface area (TPSA) is 84.3 Å². The number of allylic oxidation sites excluding steroid dienone is 2. The Kier molecular flexibility index (Phi) is 6.00. The molecule has 1 fully saturated rings. The van der Waals surface area contributed by atoms with Crippen LogP contribution in [0.1, 0.15) is 66.5 Å². The number of hydrogen-bond donors (Lipinski definition) is 1. The van der Waals surface area contributed by atoms with Gasteiger partial charge >= 0.3 is 6.03 Å². The van der Waals surface area contributed by atoms with Crippen LogP contribution in [0.2, 0.25) is 0 Å². The van der Waals surface area contributed by atoms with Crippen LogP contribution in [-0.2, 0) is 16.9 Å². The van der Waals surface area contributed by atoms with E-state index < -0.39 is 17.5 Å². The van der Waals surface area contributed by atoms with E-state index in [4.69, 9.17) is 0 Å². The smallest absolute Gasteiger partial charge is 0.325 e. The predicted molar refractivity (Wildman–Crippen MR) is 121 cm³/mol. The van der Waals surface area contributed by atoms with Crippen molar-refractivity contribution < 1.29 is 14.4 Å². The number of hydrogen-bond acceptors (Lipinski definition) is 4. The summed E-state index contributed by atoms with van der Waals surface area (Å²) in [5, 5.41) is 2.70. The van der Waals surface area contributed by atoms with Crippen molar-refractivity contribution in [2.24, 2.45) is 0 Å². The van der Waals surface area contributed by atoms with E-state index in [1.54, 1.807) is 31.3 Å². The first-order valence-electron chi connectivity index (χ1n) is 11.2. The lowest BCUT2D eigenvalue weighted by molar-refractivity contribution is -0.130. The van der Waals surface area contributed by atoms with E-state index in [9.17, 15) is 14.4 Å². The van der Waals surface area contributed by atoms with E-state index in [-0.39, 0.29) is 12.3 Å². The SMILES string of the molecule is Cc1cc(C(=O)CN2C(=O)NC(C)(c3ccccn3)C2=O)c(C)n1CCC1=CCCCC1. The third-order valence-electron chi connectivity index (χ3n) is 6.67. The van der Waals surface area contributed by atoms with E-state index in [2.05, 4.69) is 20.9 Å². The van der Waals surface area contributed by atoms with Crippen molar-refractivity contribution in [1.29, 1.82) is 0 Å². The molecule has 1 aliphatic carbocycles. The molecule has 1 saturated heterocycles. The number of rotatable bonds is 7. The van der Waals surface area contributed by atoms with Crippen LogP contribution in [0.25, 0.3) is 0 Å². The Morgan fingerprint density at radius 1 is 1.22 bits per heavy atom. The van der Waals surface area contributed by atoms with Gasteiger partial charge in [-0.15, -0.1) is 0 Å². The second-order valence-corrected chi connectivity index (χ2v) is 8.88. The Morgan fingerprint density at radius 2 is 2.03 bits per heavy atom. The molecule has 32 heavy (non-hydrogen) atoms. The molecule has 3 heterocycles. The summed E-state index contributed by atoms with van der Waals surface area (Å²) in [5.74, 6) is -0.706. The van der Waals surface area contributed by atoms with Gasteiger partial charge in [0.1, 0.15) is 0 Å². The molecule has 0 bridgehead atoms. The fourth-order valence-electron chi connectivity index (χ4n) is 4.72. The summed E-state index contributed by atoms with van der Waals surface area (Å²) in [6.07, 6.45) is 9.75. The number of nitrogens with zero attached hydrogens (tertiary/aromatic N) is 3. The number of urea groups is 1. The molecule has 7 heteroatoms. The van der Waals surface area contributed by atoms with Crippen LogP contribution < -0.4 is 5.32 Å². The summed E-state index contributed by atoms with van der Waals surface area (Å²) in [6.45, 7) is 6.08. The van der Waals surface area contributed by atoms with Gasteiger partial charge in [-0.2, -0.15) is 0 Å². The Morgan fingerprint density at radius 3 is 2.72 bits per heavy atom. The van der Waals surface area contributed by atoms with Crippen molar-refractivity contribution in [2.75, 3.05) is 6.54 Å². The standard InChI is InChI=1S/C25H30N4O3/c1-17-15-20(18(2)28(17)14-12-19-9-5-4-6-10-19)21(30)16-29-23(31)25(3,27-24(29)32)22-11-7-8-13-26-22/h7-9,11,13,15H,4-6,10,12,14,16H2,1-3H3,(H,27,32). The number of carbonyl (C=O) groups is 3. The maximum Gasteiger partial charge on any atom is 0.325 e. The molecule has 3 amide bonds. The lowest BCUT2D eigenvalue weighted by atomic mass is 9.97. The zero-order chi connectivity index (χ0) is 22.9. The minimum absolute atomic E-state index is 0.241. The van der Waals surface area contributed by atoms with E-state index in [0.717, 1.165) is 42.1 Å². The lowest BCUT2D eigenvalue weighted by Crippen LogP contribution is -2.42. The quantitative estimate of drug-likeness (QED) is 0.405. The molecule has 4 rings (SSSR count). The first-order valence-corrected chi connectivity index (χ1v) is 11.2. The van der Waals surface area contributed by atoms with E-state index in [1.165, 1.54) is 18.4 Å². The normalized spacial score (nSPS) is 21.0. The molecule has 1 aliphatic heterocycles. The number of Topliss-reactive ketones (excluding diaryl/α,β-unsaturated/α-hetero) is 1. The van der Waals surface area contributed by atoms with E-state index in [1.807, 2.05) is 19.9 Å². The van der Waals surface area contributed by atoms with Crippen LogP contribution in [0.15, 0.2) is 42.1 Å². The highest BCUT2D eigenvalue weighted by atomic mass is 16.2. The Labute approximate surface area is 188 Å². The number of aromatic nitrogens is 2. The average molecular weight is 435 g/mol. The maximum atomic E-state index is 13.1. The van der Waals surface area contributed by atoms with Gasteiger partial charge in [-0.05, 0) is 71.1 Å². The van der Waals surface area contributed by atoms with Crippen LogP contribution in [0.4, 0.5) is 4.79 Å². The first-order chi connectivity index (χ1) is 15.3. The van der Waals surface area contributed by atoms with Gasteiger partial charge in [-0.25, -0.2) is 4.79 Å². The van der Waals surface area contributed by atoms with Gasteiger partial charge in [0.05, 0.1) is 12.2 Å². The molecule has 1 N–H and O–H groups in total.